The normalized spacial score (nSPS) is 16.0. The number of esters is 1. The Labute approximate surface area is 167 Å². The molecule has 1 aromatic rings. The molecule has 0 radical (unpaired) electrons. The largest absolute Gasteiger partial charge is 0.464 e. The molecule has 2 amide bonds. The van der Waals surface area contributed by atoms with E-state index < -0.39 is 12.0 Å². The molecule has 7 heteroatoms. The number of carbonyl (C=O) groups excluding carboxylic acids is 3. The van der Waals surface area contributed by atoms with Crippen molar-refractivity contribution >= 4 is 17.8 Å². The lowest BCUT2D eigenvalue weighted by Crippen LogP contribution is -2.55. The number of amides is 2. The van der Waals surface area contributed by atoms with Crippen LogP contribution in [0.1, 0.15) is 85.0 Å². The minimum absolute atomic E-state index is 0.0115. The number of ether oxygens (including phenoxy) is 1. The molecule has 1 aliphatic carbocycles. The van der Waals surface area contributed by atoms with Crippen LogP contribution in [0.5, 0.6) is 0 Å². The second-order valence-corrected chi connectivity index (χ2v) is 7.96. The summed E-state index contributed by atoms with van der Waals surface area (Å²) >= 11 is 0. The van der Waals surface area contributed by atoms with Crippen molar-refractivity contribution in [3.63, 3.8) is 0 Å². The molecule has 2 N–H and O–H groups in total. The molecular weight excluding hydrogens is 358 g/mol. The Morgan fingerprint density at radius 1 is 1.11 bits per heavy atom. The fourth-order valence-electron chi connectivity index (χ4n) is 4.10. The average molecular weight is 392 g/mol. The second-order valence-electron chi connectivity index (χ2n) is 7.96. The van der Waals surface area contributed by atoms with Crippen LogP contribution < -0.4 is 5.32 Å². The van der Waals surface area contributed by atoms with E-state index in [4.69, 9.17) is 4.74 Å². The van der Waals surface area contributed by atoms with Gasteiger partial charge in [0.15, 0.2) is 5.78 Å². The molecule has 1 fully saturated rings. The highest BCUT2D eigenvalue weighted by atomic mass is 16.5. The molecule has 1 saturated carbocycles. The molecule has 0 aliphatic heterocycles. The van der Waals surface area contributed by atoms with Gasteiger partial charge in [-0.05, 0) is 53.0 Å². The highest BCUT2D eigenvalue weighted by Crippen LogP contribution is 2.27. The van der Waals surface area contributed by atoms with E-state index in [9.17, 15) is 14.4 Å². The fourth-order valence-corrected chi connectivity index (χ4v) is 4.10. The van der Waals surface area contributed by atoms with Gasteiger partial charge in [-0.1, -0.05) is 19.3 Å². The first-order chi connectivity index (χ1) is 13.2. The smallest absolute Gasteiger partial charge is 0.354 e. The van der Waals surface area contributed by atoms with Crippen molar-refractivity contribution in [2.45, 2.75) is 84.8 Å². The quantitative estimate of drug-likeness (QED) is 0.571. The summed E-state index contributed by atoms with van der Waals surface area (Å²) in [5.41, 5.74) is 1.93. The standard InChI is InChI=1S/C21H33N3O4/c1-12(2)22-21(27)24(16-10-8-7-9-11-16)15(5)19(25)17-13(3)18(20(26)28-6)23-14(17)4/h12,15-16,23H,7-11H2,1-6H3,(H,22,27). The molecule has 28 heavy (non-hydrogen) atoms. The molecule has 1 atom stereocenters. The summed E-state index contributed by atoms with van der Waals surface area (Å²) in [5.74, 6) is -0.667. The number of hydrogen-bond acceptors (Lipinski definition) is 4. The van der Waals surface area contributed by atoms with Crippen LogP contribution in [0.4, 0.5) is 4.79 Å². The van der Waals surface area contributed by atoms with Gasteiger partial charge in [-0.25, -0.2) is 9.59 Å². The fraction of sp³-hybridized carbons (Fsp3) is 0.667. The number of nitrogens with zero attached hydrogens (tertiary/aromatic N) is 1. The van der Waals surface area contributed by atoms with Crippen molar-refractivity contribution in [3.05, 3.63) is 22.5 Å². The summed E-state index contributed by atoms with van der Waals surface area (Å²) in [6.45, 7) is 9.09. The lowest BCUT2D eigenvalue weighted by Gasteiger charge is -2.38. The summed E-state index contributed by atoms with van der Waals surface area (Å²) in [6.07, 6.45) is 5.09. The topological polar surface area (TPSA) is 91.5 Å². The zero-order valence-corrected chi connectivity index (χ0v) is 17.8. The third-order valence-electron chi connectivity index (χ3n) is 5.48. The molecule has 2 rings (SSSR count). The monoisotopic (exact) mass is 391 g/mol. The molecule has 1 aromatic heterocycles. The summed E-state index contributed by atoms with van der Waals surface area (Å²) < 4.78 is 4.79. The van der Waals surface area contributed by atoms with Crippen molar-refractivity contribution in [2.75, 3.05) is 7.11 Å². The number of carbonyl (C=O) groups is 3. The van der Waals surface area contributed by atoms with Crippen LogP contribution in [-0.4, -0.2) is 52.9 Å². The zero-order valence-electron chi connectivity index (χ0n) is 17.8. The number of ketones is 1. The minimum atomic E-state index is -0.624. The number of urea groups is 1. The molecule has 1 unspecified atom stereocenters. The van der Waals surface area contributed by atoms with Crippen molar-refractivity contribution < 1.29 is 19.1 Å². The van der Waals surface area contributed by atoms with Gasteiger partial charge in [0.25, 0.3) is 0 Å². The van der Waals surface area contributed by atoms with Gasteiger partial charge in [0.1, 0.15) is 5.69 Å². The highest BCUT2D eigenvalue weighted by molar-refractivity contribution is 6.06. The molecule has 0 aromatic carbocycles. The van der Waals surface area contributed by atoms with E-state index in [-0.39, 0.29) is 29.6 Å². The van der Waals surface area contributed by atoms with E-state index in [1.54, 1.807) is 25.7 Å². The van der Waals surface area contributed by atoms with Crippen molar-refractivity contribution in [1.82, 2.24) is 15.2 Å². The second kappa shape index (κ2) is 9.26. The van der Waals surface area contributed by atoms with Crippen LogP contribution in [-0.2, 0) is 4.74 Å². The van der Waals surface area contributed by atoms with E-state index >= 15 is 0 Å². The molecule has 7 nitrogen and oxygen atoms in total. The van der Waals surface area contributed by atoms with Crippen LogP contribution in [0.3, 0.4) is 0 Å². The van der Waals surface area contributed by atoms with Gasteiger partial charge in [0, 0.05) is 23.3 Å². The number of methoxy groups -OCH3 is 1. The highest BCUT2D eigenvalue weighted by Gasteiger charge is 2.35. The van der Waals surface area contributed by atoms with Crippen LogP contribution in [0.2, 0.25) is 0 Å². The Morgan fingerprint density at radius 2 is 1.71 bits per heavy atom. The van der Waals surface area contributed by atoms with Crippen molar-refractivity contribution in [3.8, 4) is 0 Å². The maximum Gasteiger partial charge on any atom is 0.354 e. The number of rotatable bonds is 6. The predicted molar refractivity (Wildman–Crippen MR) is 108 cm³/mol. The predicted octanol–water partition coefficient (Wildman–Crippen LogP) is 3.74. The van der Waals surface area contributed by atoms with Gasteiger partial charge in [0.2, 0.25) is 0 Å². The summed E-state index contributed by atoms with van der Waals surface area (Å²) in [4.78, 5) is 43.0. The average Bonchev–Trinajstić information content (AvgIpc) is 2.95. The Hall–Kier alpha value is -2.31. The Balaban J connectivity index is 2.36. The van der Waals surface area contributed by atoms with Crippen LogP contribution in [0.25, 0.3) is 0 Å². The number of aromatic nitrogens is 1. The van der Waals surface area contributed by atoms with E-state index in [0.29, 0.717) is 16.8 Å². The first-order valence-corrected chi connectivity index (χ1v) is 10.1. The lowest BCUT2D eigenvalue weighted by molar-refractivity contribution is 0.0593. The van der Waals surface area contributed by atoms with Gasteiger partial charge < -0.3 is 19.9 Å². The molecule has 0 saturated heterocycles. The Kier molecular flexibility index (Phi) is 7.27. The van der Waals surface area contributed by atoms with Crippen molar-refractivity contribution in [1.29, 1.82) is 0 Å². The SMILES string of the molecule is COC(=O)c1[nH]c(C)c(C(=O)C(C)N(C(=O)NC(C)C)C2CCCCC2)c1C. The number of hydrogen-bond donors (Lipinski definition) is 2. The first-order valence-electron chi connectivity index (χ1n) is 10.1. The van der Waals surface area contributed by atoms with E-state index in [1.165, 1.54) is 7.11 Å². The van der Waals surface area contributed by atoms with Crippen LogP contribution in [0.15, 0.2) is 0 Å². The van der Waals surface area contributed by atoms with Gasteiger partial charge in [-0.2, -0.15) is 0 Å². The van der Waals surface area contributed by atoms with E-state index in [2.05, 4.69) is 10.3 Å². The molecule has 0 bridgehead atoms. The molecule has 156 valence electrons. The Bertz CT molecular complexity index is 732. The third-order valence-corrected chi connectivity index (χ3v) is 5.48. The maximum absolute atomic E-state index is 13.4. The molecular formula is C21H33N3O4. The van der Waals surface area contributed by atoms with Crippen molar-refractivity contribution in [2.24, 2.45) is 0 Å². The molecule has 1 aliphatic rings. The molecule has 0 spiro atoms. The van der Waals surface area contributed by atoms with Gasteiger partial charge >= 0.3 is 12.0 Å². The number of aryl methyl sites for hydroxylation is 1. The van der Waals surface area contributed by atoms with E-state index in [1.807, 2.05) is 13.8 Å². The number of nitrogens with one attached hydrogen (secondary N) is 2. The summed E-state index contributed by atoms with van der Waals surface area (Å²) in [7, 11) is 1.31. The van der Waals surface area contributed by atoms with Crippen LogP contribution in [0, 0.1) is 13.8 Å². The van der Waals surface area contributed by atoms with Gasteiger partial charge in [-0.3, -0.25) is 4.79 Å². The maximum atomic E-state index is 13.4. The third kappa shape index (κ3) is 4.56. The molecule has 1 heterocycles. The number of H-pyrrole nitrogens is 1. The first kappa shape index (κ1) is 22.0. The number of aromatic amines is 1. The Morgan fingerprint density at radius 3 is 2.25 bits per heavy atom. The summed E-state index contributed by atoms with van der Waals surface area (Å²) in [5, 5.41) is 2.94. The van der Waals surface area contributed by atoms with Crippen LogP contribution >= 0.6 is 0 Å². The van der Waals surface area contributed by atoms with Gasteiger partial charge in [-0.15, -0.1) is 0 Å². The summed E-state index contributed by atoms with van der Waals surface area (Å²) in [6, 6.07) is -0.795. The van der Waals surface area contributed by atoms with Gasteiger partial charge in [0.05, 0.1) is 13.2 Å². The number of Topliss-reactive ketones (excluding diaryl/α,β-unsaturated/α-hetero) is 1. The minimum Gasteiger partial charge on any atom is -0.464 e. The zero-order chi connectivity index (χ0) is 21.0. The lowest BCUT2D eigenvalue weighted by atomic mass is 9.91. The van der Waals surface area contributed by atoms with E-state index in [0.717, 1.165) is 32.1 Å².